The van der Waals surface area contributed by atoms with Crippen LogP contribution >= 0.6 is 0 Å². The predicted molar refractivity (Wildman–Crippen MR) is 129 cm³/mol. The monoisotopic (exact) mass is 425 g/mol. The SMILES string of the molecule is CCOC(=O)c1ccc(Nc2nc(-c3ccc(C(C)(C)C)cc3)nc3ccccc23)cc1. The lowest BCUT2D eigenvalue weighted by molar-refractivity contribution is 0.0526. The molecule has 1 N–H and O–H groups in total. The molecule has 0 aliphatic heterocycles. The zero-order valence-electron chi connectivity index (χ0n) is 18.8. The summed E-state index contributed by atoms with van der Waals surface area (Å²) in [5.41, 5.74) is 4.53. The average molecular weight is 426 g/mol. The van der Waals surface area contributed by atoms with Crippen molar-refractivity contribution in [1.82, 2.24) is 9.97 Å². The molecule has 0 amide bonds. The van der Waals surface area contributed by atoms with Crippen molar-refractivity contribution in [3.05, 3.63) is 83.9 Å². The second-order valence-corrected chi connectivity index (χ2v) is 8.66. The van der Waals surface area contributed by atoms with E-state index in [0.717, 1.165) is 28.0 Å². The average Bonchev–Trinajstić information content (AvgIpc) is 2.79. The first-order valence-electron chi connectivity index (χ1n) is 10.8. The van der Waals surface area contributed by atoms with E-state index < -0.39 is 0 Å². The Bertz CT molecular complexity index is 1240. The minimum absolute atomic E-state index is 0.0885. The molecule has 3 aromatic carbocycles. The zero-order valence-corrected chi connectivity index (χ0v) is 18.8. The van der Waals surface area contributed by atoms with E-state index in [1.165, 1.54) is 5.56 Å². The van der Waals surface area contributed by atoms with Gasteiger partial charge in [0.05, 0.1) is 17.7 Å². The lowest BCUT2D eigenvalue weighted by Crippen LogP contribution is -2.10. The Balaban J connectivity index is 1.69. The van der Waals surface area contributed by atoms with Gasteiger partial charge in [-0.05, 0) is 54.3 Å². The summed E-state index contributed by atoms with van der Waals surface area (Å²) < 4.78 is 5.06. The topological polar surface area (TPSA) is 64.1 Å². The van der Waals surface area contributed by atoms with Crippen molar-refractivity contribution < 1.29 is 9.53 Å². The number of nitrogens with zero attached hydrogens (tertiary/aromatic N) is 2. The fraction of sp³-hybridized carbons (Fsp3) is 0.222. The van der Waals surface area contributed by atoms with Crippen LogP contribution in [0.2, 0.25) is 0 Å². The highest BCUT2D eigenvalue weighted by Gasteiger charge is 2.15. The molecule has 0 saturated carbocycles. The molecule has 5 heteroatoms. The van der Waals surface area contributed by atoms with Gasteiger partial charge in [0, 0.05) is 16.6 Å². The molecule has 0 saturated heterocycles. The molecule has 5 nitrogen and oxygen atoms in total. The van der Waals surface area contributed by atoms with Crippen molar-refractivity contribution in [2.75, 3.05) is 11.9 Å². The molecular weight excluding hydrogens is 398 g/mol. The van der Waals surface area contributed by atoms with Crippen LogP contribution in [0.25, 0.3) is 22.3 Å². The summed E-state index contributed by atoms with van der Waals surface area (Å²) in [6.45, 7) is 8.74. The van der Waals surface area contributed by atoms with Crippen molar-refractivity contribution >= 4 is 28.4 Å². The van der Waals surface area contributed by atoms with E-state index in [1.54, 1.807) is 19.1 Å². The van der Waals surface area contributed by atoms with Crippen LogP contribution < -0.4 is 5.32 Å². The van der Waals surface area contributed by atoms with Crippen LogP contribution in [0.5, 0.6) is 0 Å². The van der Waals surface area contributed by atoms with Gasteiger partial charge in [-0.2, -0.15) is 0 Å². The summed E-state index contributed by atoms with van der Waals surface area (Å²) in [5.74, 6) is 1.05. The number of para-hydroxylation sites is 1. The fourth-order valence-electron chi connectivity index (χ4n) is 3.46. The number of hydrogen-bond acceptors (Lipinski definition) is 5. The summed E-state index contributed by atoms with van der Waals surface area (Å²) >= 11 is 0. The molecule has 0 aliphatic rings. The van der Waals surface area contributed by atoms with Crippen LogP contribution in [-0.4, -0.2) is 22.5 Å². The molecule has 1 heterocycles. The highest BCUT2D eigenvalue weighted by atomic mass is 16.5. The van der Waals surface area contributed by atoms with Crippen molar-refractivity contribution in [3.63, 3.8) is 0 Å². The quantitative estimate of drug-likeness (QED) is 0.369. The van der Waals surface area contributed by atoms with Gasteiger partial charge in [0.25, 0.3) is 0 Å². The van der Waals surface area contributed by atoms with Crippen molar-refractivity contribution in [2.45, 2.75) is 33.1 Å². The number of nitrogens with one attached hydrogen (secondary N) is 1. The second kappa shape index (κ2) is 8.79. The molecule has 1 aromatic heterocycles. The number of esters is 1. The van der Waals surface area contributed by atoms with Gasteiger partial charge < -0.3 is 10.1 Å². The highest BCUT2D eigenvalue weighted by molar-refractivity contribution is 5.93. The van der Waals surface area contributed by atoms with Gasteiger partial charge in [-0.1, -0.05) is 57.2 Å². The Morgan fingerprint density at radius 2 is 1.59 bits per heavy atom. The minimum Gasteiger partial charge on any atom is -0.462 e. The van der Waals surface area contributed by atoms with Crippen LogP contribution in [0, 0.1) is 0 Å². The molecule has 0 atom stereocenters. The van der Waals surface area contributed by atoms with Gasteiger partial charge >= 0.3 is 5.97 Å². The maximum Gasteiger partial charge on any atom is 0.338 e. The zero-order chi connectivity index (χ0) is 22.7. The molecule has 0 aliphatic carbocycles. The van der Waals surface area contributed by atoms with Crippen molar-refractivity contribution in [1.29, 1.82) is 0 Å². The number of ether oxygens (including phenoxy) is 1. The van der Waals surface area contributed by atoms with Gasteiger partial charge in [0.1, 0.15) is 5.82 Å². The Labute approximate surface area is 188 Å². The smallest absolute Gasteiger partial charge is 0.338 e. The Hall–Kier alpha value is -3.73. The molecule has 0 fully saturated rings. The van der Waals surface area contributed by atoms with Crippen LogP contribution in [0.4, 0.5) is 11.5 Å². The summed E-state index contributed by atoms with van der Waals surface area (Å²) in [7, 11) is 0. The molecule has 32 heavy (non-hydrogen) atoms. The number of carbonyl (C=O) groups is 1. The molecule has 0 bridgehead atoms. The third kappa shape index (κ3) is 4.62. The van der Waals surface area contributed by atoms with Gasteiger partial charge in [0.2, 0.25) is 0 Å². The molecule has 0 unspecified atom stereocenters. The first kappa shape index (κ1) is 21.5. The molecule has 4 aromatic rings. The predicted octanol–water partition coefficient (Wildman–Crippen LogP) is 6.51. The first-order chi connectivity index (χ1) is 15.3. The first-order valence-corrected chi connectivity index (χ1v) is 10.8. The van der Waals surface area contributed by atoms with Gasteiger partial charge in [-0.15, -0.1) is 0 Å². The van der Waals surface area contributed by atoms with E-state index in [1.807, 2.05) is 36.4 Å². The number of anilines is 2. The summed E-state index contributed by atoms with van der Waals surface area (Å²) in [6.07, 6.45) is 0. The van der Waals surface area contributed by atoms with Crippen LogP contribution in [0.1, 0.15) is 43.6 Å². The van der Waals surface area contributed by atoms with Crippen molar-refractivity contribution in [3.8, 4) is 11.4 Å². The lowest BCUT2D eigenvalue weighted by atomic mass is 9.87. The third-order valence-electron chi connectivity index (χ3n) is 5.27. The second-order valence-electron chi connectivity index (χ2n) is 8.66. The summed E-state index contributed by atoms with van der Waals surface area (Å²) in [4.78, 5) is 21.5. The summed E-state index contributed by atoms with van der Waals surface area (Å²) in [6, 6.07) is 23.5. The van der Waals surface area contributed by atoms with Crippen LogP contribution in [0.3, 0.4) is 0 Å². The summed E-state index contributed by atoms with van der Waals surface area (Å²) in [5, 5.41) is 4.32. The Kier molecular flexibility index (Phi) is 5.91. The van der Waals surface area contributed by atoms with E-state index in [4.69, 9.17) is 14.7 Å². The maximum absolute atomic E-state index is 11.9. The standard InChI is InChI=1S/C27H27N3O2/c1-5-32-26(31)19-12-16-21(17-13-19)28-25-22-8-6-7-9-23(22)29-24(30-25)18-10-14-20(15-11-18)27(2,3)4/h6-17H,5H2,1-4H3,(H,28,29,30). The third-order valence-corrected chi connectivity index (χ3v) is 5.27. The van der Waals surface area contributed by atoms with E-state index in [-0.39, 0.29) is 11.4 Å². The molecule has 0 spiro atoms. The van der Waals surface area contributed by atoms with Crippen LogP contribution in [-0.2, 0) is 10.2 Å². The van der Waals surface area contributed by atoms with Gasteiger partial charge in [-0.25, -0.2) is 14.8 Å². The maximum atomic E-state index is 11.9. The number of rotatable bonds is 5. The van der Waals surface area contributed by atoms with E-state index in [0.29, 0.717) is 18.0 Å². The van der Waals surface area contributed by atoms with E-state index in [9.17, 15) is 4.79 Å². The van der Waals surface area contributed by atoms with Gasteiger partial charge in [0.15, 0.2) is 5.82 Å². The molecular formula is C27H27N3O2. The molecule has 0 radical (unpaired) electrons. The Morgan fingerprint density at radius 3 is 2.25 bits per heavy atom. The van der Waals surface area contributed by atoms with E-state index in [2.05, 4.69) is 50.4 Å². The normalized spacial score (nSPS) is 11.4. The number of fused-ring (bicyclic) bond motifs is 1. The molecule has 162 valence electrons. The number of benzene rings is 3. The number of carbonyl (C=O) groups excluding carboxylic acids is 1. The van der Waals surface area contributed by atoms with Gasteiger partial charge in [-0.3, -0.25) is 0 Å². The largest absolute Gasteiger partial charge is 0.462 e. The Morgan fingerprint density at radius 1 is 0.906 bits per heavy atom. The van der Waals surface area contributed by atoms with Crippen LogP contribution in [0.15, 0.2) is 72.8 Å². The van der Waals surface area contributed by atoms with Crippen molar-refractivity contribution in [2.24, 2.45) is 0 Å². The number of aromatic nitrogens is 2. The lowest BCUT2D eigenvalue weighted by Gasteiger charge is -2.19. The highest BCUT2D eigenvalue weighted by Crippen LogP contribution is 2.29. The minimum atomic E-state index is -0.326. The fourth-order valence-corrected chi connectivity index (χ4v) is 3.46. The molecule has 4 rings (SSSR count). The van der Waals surface area contributed by atoms with E-state index >= 15 is 0 Å². The number of hydrogen-bond donors (Lipinski definition) is 1.